The predicted octanol–water partition coefficient (Wildman–Crippen LogP) is 14.1. The Morgan fingerprint density at radius 2 is 1.09 bits per heavy atom. The second kappa shape index (κ2) is 13.9. The van der Waals surface area contributed by atoms with Crippen LogP contribution in [0.4, 0.5) is 22.7 Å². The van der Waals surface area contributed by atoms with Gasteiger partial charge in [0.05, 0.1) is 22.4 Å². The number of anilines is 4. The molecule has 5 heteroatoms. The SMILES string of the molecule is CC(C)(C)c1ccnc(-n2c3ccc(C(C)(C)C)cc3c3ccc(Oc4cccc(N5CN(c6cccc(C(C)(C)c7ccccc7)c6)c6ccccc65)c4)cc32)c1. The molecule has 0 N–H and O–H groups in total. The van der Waals surface area contributed by atoms with Gasteiger partial charge in [-0.25, -0.2) is 4.98 Å². The van der Waals surface area contributed by atoms with E-state index in [1.54, 1.807) is 0 Å². The molecule has 3 heterocycles. The van der Waals surface area contributed by atoms with E-state index in [0.29, 0.717) is 6.67 Å². The minimum absolute atomic E-state index is 0.00858. The van der Waals surface area contributed by atoms with Gasteiger partial charge in [-0.1, -0.05) is 122 Å². The molecule has 2 aromatic heterocycles. The molecule has 1 aliphatic heterocycles. The normalized spacial score (nSPS) is 13.4. The Morgan fingerprint density at radius 3 is 1.79 bits per heavy atom. The Kier molecular flexibility index (Phi) is 8.96. The second-order valence-electron chi connectivity index (χ2n) is 18.3. The second-order valence-corrected chi connectivity index (χ2v) is 18.3. The molecule has 290 valence electrons. The number of para-hydroxylation sites is 2. The maximum absolute atomic E-state index is 6.75. The van der Waals surface area contributed by atoms with E-state index in [4.69, 9.17) is 9.72 Å². The van der Waals surface area contributed by atoms with Crippen molar-refractivity contribution < 1.29 is 4.74 Å². The summed E-state index contributed by atoms with van der Waals surface area (Å²) >= 11 is 0. The van der Waals surface area contributed by atoms with Gasteiger partial charge in [-0.15, -0.1) is 0 Å². The third kappa shape index (κ3) is 6.68. The minimum Gasteiger partial charge on any atom is -0.457 e. The van der Waals surface area contributed by atoms with E-state index in [0.717, 1.165) is 39.7 Å². The lowest BCUT2D eigenvalue weighted by atomic mass is 9.78. The molecule has 0 amide bonds. The van der Waals surface area contributed by atoms with Crippen LogP contribution in [0.5, 0.6) is 11.5 Å². The van der Waals surface area contributed by atoms with Crippen LogP contribution in [0.3, 0.4) is 0 Å². The fourth-order valence-electron chi connectivity index (χ4n) is 8.38. The molecule has 0 atom stereocenters. The van der Waals surface area contributed by atoms with E-state index in [1.165, 1.54) is 44.4 Å². The fourth-order valence-corrected chi connectivity index (χ4v) is 8.38. The highest BCUT2D eigenvalue weighted by Gasteiger charge is 2.30. The summed E-state index contributed by atoms with van der Waals surface area (Å²) in [6.07, 6.45) is 1.93. The Labute approximate surface area is 343 Å². The summed E-state index contributed by atoms with van der Waals surface area (Å²) in [6.45, 7) is 18.8. The Hall–Kier alpha value is -6.33. The van der Waals surface area contributed by atoms with Gasteiger partial charge in [0.1, 0.15) is 24.0 Å². The summed E-state index contributed by atoms with van der Waals surface area (Å²) in [6, 6.07) is 54.6. The zero-order valence-corrected chi connectivity index (χ0v) is 34.9. The van der Waals surface area contributed by atoms with Crippen molar-refractivity contribution >= 4 is 44.6 Å². The third-order valence-electron chi connectivity index (χ3n) is 11.9. The van der Waals surface area contributed by atoms with Crippen molar-refractivity contribution in [3.8, 4) is 17.3 Å². The van der Waals surface area contributed by atoms with E-state index in [9.17, 15) is 0 Å². The standard InChI is InChI=1S/C53H52N4O/c1-51(2,3)37-24-27-46-45(31-37)44-26-25-43(34-49(44)57(46)50-32-38(28-29-54-50)52(4,5)6)58-42-21-15-20-41(33-42)56-35-55(47-22-12-13-23-48(47)56)40-19-14-18-39(30-40)53(7,8)36-16-10-9-11-17-36/h9-34H,35H2,1-8H3. The number of hydrogen-bond acceptors (Lipinski definition) is 4. The Balaban J connectivity index is 1.06. The highest BCUT2D eigenvalue weighted by Crippen LogP contribution is 2.46. The largest absolute Gasteiger partial charge is 0.457 e. The van der Waals surface area contributed by atoms with E-state index in [-0.39, 0.29) is 16.2 Å². The highest BCUT2D eigenvalue weighted by molar-refractivity contribution is 6.09. The molecule has 8 aromatic rings. The smallest absolute Gasteiger partial charge is 0.137 e. The first-order valence-electron chi connectivity index (χ1n) is 20.4. The summed E-state index contributed by atoms with van der Waals surface area (Å²) < 4.78 is 9.04. The first-order valence-corrected chi connectivity index (χ1v) is 20.4. The number of aromatic nitrogens is 2. The number of fused-ring (bicyclic) bond motifs is 4. The molecule has 1 aliphatic rings. The molecule has 0 spiro atoms. The lowest BCUT2D eigenvalue weighted by Crippen LogP contribution is -2.25. The zero-order chi connectivity index (χ0) is 40.4. The molecule has 5 nitrogen and oxygen atoms in total. The molecule has 0 fully saturated rings. The Morgan fingerprint density at radius 1 is 0.466 bits per heavy atom. The van der Waals surface area contributed by atoms with Gasteiger partial charge >= 0.3 is 0 Å². The summed E-state index contributed by atoms with van der Waals surface area (Å²) in [4.78, 5) is 9.71. The highest BCUT2D eigenvalue weighted by atomic mass is 16.5. The lowest BCUT2D eigenvalue weighted by molar-refractivity contribution is 0.483. The van der Waals surface area contributed by atoms with Crippen LogP contribution >= 0.6 is 0 Å². The van der Waals surface area contributed by atoms with Crippen molar-refractivity contribution in [2.75, 3.05) is 16.5 Å². The molecule has 9 rings (SSSR count). The fraction of sp³-hybridized carbons (Fsp3) is 0.226. The van der Waals surface area contributed by atoms with E-state index < -0.39 is 0 Å². The average molecular weight is 761 g/mol. The van der Waals surface area contributed by atoms with E-state index in [1.807, 2.05) is 12.3 Å². The number of benzene rings is 6. The molecule has 6 aromatic carbocycles. The zero-order valence-electron chi connectivity index (χ0n) is 34.9. The van der Waals surface area contributed by atoms with Gasteiger partial charge in [0.25, 0.3) is 0 Å². The number of pyridine rings is 1. The van der Waals surface area contributed by atoms with Crippen LogP contribution in [-0.2, 0) is 16.2 Å². The maximum atomic E-state index is 6.75. The van der Waals surface area contributed by atoms with Crippen LogP contribution in [-0.4, -0.2) is 16.2 Å². The minimum atomic E-state index is -0.137. The summed E-state index contributed by atoms with van der Waals surface area (Å²) in [7, 11) is 0. The van der Waals surface area contributed by atoms with Crippen LogP contribution < -0.4 is 14.5 Å². The lowest BCUT2D eigenvalue weighted by Gasteiger charge is -2.28. The van der Waals surface area contributed by atoms with Crippen molar-refractivity contribution in [3.05, 3.63) is 180 Å². The van der Waals surface area contributed by atoms with Crippen molar-refractivity contribution in [1.29, 1.82) is 0 Å². The average Bonchev–Trinajstić information content (AvgIpc) is 3.76. The van der Waals surface area contributed by atoms with Crippen LogP contribution in [0.2, 0.25) is 0 Å². The van der Waals surface area contributed by atoms with Crippen LogP contribution in [0, 0.1) is 0 Å². The van der Waals surface area contributed by atoms with Gasteiger partial charge in [-0.05, 0) is 106 Å². The maximum Gasteiger partial charge on any atom is 0.137 e. The van der Waals surface area contributed by atoms with Gasteiger partial charge in [0, 0.05) is 45.9 Å². The van der Waals surface area contributed by atoms with Gasteiger partial charge in [-0.2, -0.15) is 0 Å². The number of ether oxygens (including phenoxy) is 1. The molecule has 0 saturated heterocycles. The molecule has 0 unspecified atom stereocenters. The molecule has 0 bridgehead atoms. The summed E-state index contributed by atoms with van der Waals surface area (Å²) in [5.74, 6) is 2.46. The number of nitrogens with zero attached hydrogens (tertiary/aromatic N) is 4. The monoisotopic (exact) mass is 760 g/mol. The van der Waals surface area contributed by atoms with Gasteiger partial charge in [0.15, 0.2) is 0 Å². The molecule has 0 aliphatic carbocycles. The van der Waals surface area contributed by atoms with Crippen LogP contribution in [0.25, 0.3) is 27.6 Å². The quantitative estimate of drug-likeness (QED) is 0.162. The van der Waals surface area contributed by atoms with E-state index >= 15 is 0 Å². The topological polar surface area (TPSA) is 33.5 Å². The summed E-state index contributed by atoms with van der Waals surface area (Å²) in [5, 5.41) is 2.39. The van der Waals surface area contributed by atoms with Crippen molar-refractivity contribution in [1.82, 2.24) is 9.55 Å². The third-order valence-corrected chi connectivity index (χ3v) is 11.9. The van der Waals surface area contributed by atoms with Crippen molar-refractivity contribution in [2.45, 2.75) is 71.6 Å². The number of rotatable bonds is 7. The van der Waals surface area contributed by atoms with Crippen LogP contribution in [0.15, 0.2) is 158 Å². The van der Waals surface area contributed by atoms with Crippen molar-refractivity contribution in [3.63, 3.8) is 0 Å². The van der Waals surface area contributed by atoms with Gasteiger partial charge in [0.2, 0.25) is 0 Å². The summed E-state index contributed by atoms with van der Waals surface area (Å²) in [5.41, 5.74) is 11.8. The van der Waals surface area contributed by atoms with Gasteiger partial charge < -0.3 is 14.5 Å². The number of hydrogen-bond donors (Lipinski definition) is 0. The molecule has 58 heavy (non-hydrogen) atoms. The molecule has 0 saturated carbocycles. The predicted molar refractivity (Wildman–Crippen MR) is 243 cm³/mol. The molecule has 0 radical (unpaired) electrons. The van der Waals surface area contributed by atoms with Crippen LogP contribution in [0.1, 0.15) is 77.6 Å². The van der Waals surface area contributed by atoms with E-state index in [2.05, 4.69) is 215 Å². The molecular formula is C53H52N4O. The first-order chi connectivity index (χ1) is 27.8. The first kappa shape index (κ1) is 37.3. The van der Waals surface area contributed by atoms with Crippen molar-refractivity contribution in [2.24, 2.45) is 0 Å². The van der Waals surface area contributed by atoms with Gasteiger partial charge in [-0.3, -0.25) is 4.57 Å². The molecular weight excluding hydrogens is 709 g/mol. The Bertz CT molecular complexity index is 2800.